The van der Waals surface area contributed by atoms with Crippen LogP contribution in [-0.2, 0) is 6.61 Å². The van der Waals surface area contributed by atoms with Gasteiger partial charge in [-0.25, -0.2) is 4.39 Å². The third kappa shape index (κ3) is 3.46. The topological polar surface area (TPSA) is 35.2 Å². The number of hydrogen-bond acceptors (Lipinski definition) is 2. The highest BCUT2D eigenvalue weighted by Gasteiger charge is 2.04. The zero-order valence-electron chi connectivity index (χ0n) is 9.29. The average molecular weight is 375 g/mol. The van der Waals surface area contributed by atoms with Gasteiger partial charge in [-0.05, 0) is 57.9 Å². The molecule has 0 aromatic heterocycles. The van der Waals surface area contributed by atoms with Crippen LogP contribution in [0.25, 0.3) is 0 Å². The number of nitrogen functional groups attached to an aromatic ring is 1. The van der Waals surface area contributed by atoms with Gasteiger partial charge in [-0.1, -0.05) is 15.9 Å². The van der Waals surface area contributed by atoms with E-state index < -0.39 is 0 Å². The van der Waals surface area contributed by atoms with Gasteiger partial charge in [0.15, 0.2) is 0 Å². The predicted octanol–water partition coefficient (Wildman–Crippen LogP) is 4.51. The lowest BCUT2D eigenvalue weighted by atomic mass is 10.2. The van der Waals surface area contributed by atoms with E-state index in [2.05, 4.69) is 31.9 Å². The van der Waals surface area contributed by atoms with E-state index in [-0.39, 0.29) is 5.82 Å². The normalized spacial score (nSPS) is 10.4. The van der Waals surface area contributed by atoms with Crippen LogP contribution < -0.4 is 10.5 Å². The number of benzene rings is 2. The van der Waals surface area contributed by atoms with Crippen molar-refractivity contribution in [1.82, 2.24) is 0 Å². The number of rotatable bonds is 3. The highest BCUT2D eigenvalue weighted by Crippen LogP contribution is 2.27. The molecule has 0 saturated carbocycles. The first-order valence-electron chi connectivity index (χ1n) is 5.17. The molecule has 18 heavy (non-hydrogen) atoms. The molecule has 0 bridgehead atoms. The number of ether oxygens (including phenoxy) is 1. The minimum Gasteiger partial charge on any atom is -0.488 e. The Morgan fingerprint density at radius 2 is 1.89 bits per heavy atom. The summed E-state index contributed by atoms with van der Waals surface area (Å²) in [6.45, 7) is 0.369. The maximum absolute atomic E-state index is 12.9. The summed E-state index contributed by atoms with van der Waals surface area (Å²) in [6.07, 6.45) is 0. The van der Waals surface area contributed by atoms with E-state index in [0.29, 0.717) is 22.5 Å². The monoisotopic (exact) mass is 373 g/mol. The zero-order valence-corrected chi connectivity index (χ0v) is 12.5. The lowest BCUT2D eigenvalue weighted by Gasteiger charge is -2.09. The van der Waals surface area contributed by atoms with Crippen LogP contribution in [0, 0.1) is 5.82 Å². The molecule has 2 rings (SSSR count). The lowest BCUT2D eigenvalue weighted by Crippen LogP contribution is -1.98. The van der Waals surface area contributed by atoms with Gasteiger partial charge in [-0.3, -0.25) is 0 Å². The van der Waals surface area contributed by atoms with E-state index in [1.165, 1.54) is 12.1 Å². The molecule has 0 aliphatic carbocycles. The predicted molar refractivity (Wildman–Crippen MR) is 77.0 cm³/mol. The Labute approximate surface area is 121 Å². The second-order valence-electron chi connectivity index (χ2n) is 3.76. The smallest absolute Gasteiger partial charge is 0.134 e. The molecule has 0 aliphatic heterocycles. The van der Waals surface area contributed by atoms with Crippen molar-refractivity contribution in [3.05, 3.63) is 56.7 Å². The van der Waals surface area contributed by atoms with Crippen molar-refractivity contribution in [3.63, 3.8) is 0 Å². The van der Waals surface area contributed by atoms with Crippen molar-refractivity contribution in [1.29, 1.82) is 0 Å². The molecule has 2 aromatic carbocycles. The van der Waals surface area contributed by atoms with E-state index in [0.717, 1.165) is 10.0 Å². The summed E-state index contributed by atoms with van der Waals surface area (Å²) in [5.74, 6) is 0.288. The van der Waals surface area contributed by atoms with E-state index in [1.807, 2.05) is 18.2 Å². The molecule has 0 atom stereocenters. The minimum absolute atomic E-state index is 0.305. The first kappa shape index (κ1) is 13.4. The minimum atomic E-state index is -0.305. The highest BCUT2D eigenvalue weighted by molar-refractivity contribution is 9.10. The summed E-state index contributed by atoms with van der Waals surface area (Å²) < 4.78 is 20.0. The van der Waals surface area contributed by atoms with Gasteiger partial charge in [0, 0.05) is 10.2 Å². The van der Waals surface area contributed by atoms with Gasteiger partial charge < -0.3 is 10.5 Å². The molecule has 2 N–H and O–H groups in total. The zero-order chi connectivity index (χ0) is 13.1. The second-order valence-corrected chi connectivity index (χ2v) is 5.53. The van der Waals surface area contributed by atoms with Gasteiger partial charge in [0.2, 0.25) is 0 Å². The molecule has 2 aromatic rings. The molecule has 2 nitrogen and oxygen atoms in total. The van der Waals surface area contributed by atoms with E-state index >= 15 is 0 Å². The Morgan fingerprint density at radius 1 is 1.11 bits per heavy atom. The molecular formula is C13H10Br2FNO. The lowest BCUT2D eigenvalue weighted by molar-refractivity contribution is 0.303. The van der Waals surface area contributed by atoms with Crippen LogP contribution in [0.5, 0.6) is 5.75 Å². The van der Waals surface area contributed by atoms with Crippen molar-refractivity contribution in [2.45, 2.75) is 6.61 Å². The fourth-order valence-corrected chi connectivity index (χ4v) is 2.54. The number of halogens is 3. The fourth-order valence-electron chi connectivity index (χ4n) is 1.51. The third-order valence-corrected chi connectivity index (χ3v) is 3.35. The summed E-state index contributed by atoms with van der Waals surface area (Å²) in [5.41, 5.74) is 7.34. The van der Waals surface area contributed by atoms with Crippen molar-refractivity contribution < 1.29 is 9.13 Å². The van der Waals surface area contributed by atoms with E-state index in [9.17, 15) is 4.39 Å². The van der Waals surface area contributed by atoms with Crippen LogP contribution in [0.15, 0.2) is 45.3 Å². The molecule has 0 amide bonds. The molecule has 0 saturated heterocycles. The number of anilines is 1. The van der Waals surface area contributed by atoms with Crippen molar-refractivity contribution in [2.24, 2.45) is 0 Å². The average Bonchev–Trinajstić information content (AvgIpc) is 2.26. The van der Waals surface area contributed by atoms with Crippen LogP contribution in [-0.4, -0.2) is 0 Å². The van der Waals surface area contributed by atoms with Gasteiger partial charge in [-0.15, -0.1) is 0 Å². The van der Waals surface area contributed by atoms with Crippen LogP contribution in [0.4, 0.5) is 10.1 Å². The Kier molecular flexibility index (Phi) is 4.24. The Morgan fingerprint density at radius 3 is 2.56 bits per heavy atom. The molecule has 0 fully saturated rings. The molecular weight excluding hydrogens is 365 g/mol. The number of hydrogen-bond donors (Lipinski definition) is 1. The van der Waals surface area contributed by atoms with Crippen LogP contribution >= 0.6 is 31.9 Å². The molecule has 0 spiro atoms. The third-order valence-electron chi connectivity index (χ3n) is 2.27. The molecule has 94 valence electrons. The highest BCUT2D eigenvalue weighted by atomic mass is 79.9. The summed E-state index contributed by atoms with van der Waals surface area (Å²) in [6, 6.07) is 9.88. The maximum atomic E-state index is 12.9. The Balaban J connectivity index is 2.11. The Hall–Kier alpha value is -1.07. The first-order chi connectivity index (χ1) is 8.54. The Bertz CT molecular complexity index is 555. The van der Waals surface area contributed by atoms with E-state index in [1.54, 1.807) is 6.07 Å². The van der Waals surface area contributed by atoms with Gasteiger partial charge in [0.05, 0.1) is 4.47 Å². The van der Waals surface area contributed by atoms with Gasteiger partial charge in [-0.2, -0.15) is 0 Å². The molecule has 5 heteroatoms. The van der Waals surface area contributed by atoms with E-state index in [4.69, 9.17) is 10.5 Å². The molecule has 0 aliphatic rings. The fraction of sp³-hybridized carbons (Fsp3) is 0.0769. The summed E-state index contributed by atoms with van der Waals surface area (Å²) >= 11 is 6.62. The largest absolute Gasteiger partial charge is 0.488 e. The van der Waals surface area contributed by atoms with Crippen LogP contribution in [0.3, 0.4) is 0 Å². The molecule has 0 unspecified atom stereocenters. The van der Waals surface area contributed by atoms with Crippen LogP contribution in [0.2, 0.25) is 0 Å². The quantitative estimate of drug-likeness (QED) is 0.802. The van der Waals surface area contributed by atoms with Gasteiger partial charge >= 0.3 is 0 Å². The SMILES string of the molecule is Nc1cc(Br)cc(COc2ccc(F)cc2Br)c1. The number of nitrogens with two attached hydrogens (primary N) is 1. The summed E-state index contributed by atoms with van der Waals surface area (Å²) in [4.78, 5) is 0. The molecule has 0 heterocycles. The summed E-state index contributed by atoms with van der Waals surface area (Å²) in [5, 5.41) is 0. The van der Waals surface area contributed by atoms with Crippen molar-refractivity contribution in [3.8, 4) is 5.75 Å². The summed E-state index contributed by atoms with van der Waals surface area (Å²) in [7, 11) is 0. The van der Waals surface area contributed by atoms with Crippen molar-refractivity contribution in [2.75, 3.05) is 5.73 Å². The van der Waals surface area contributed by atoms with Crippen molar-refractivity contribution >= 4 is 37.5 Å². The van der Waals surface area contributed by atoms with Gasteiger partial charge in [0.1, 0.15) is 18.2 Å². The van der Waals surface area contributed by atoms with Gasteiger partial charge in [0.25, 0.3) is 0 Å². The molecule has 0 radical (unpaired) electrons. The maximum Gasteiger partial charge on any atom is 0.134 e. The standard InChI is InChI=1S/C13H10Br2FNO/c14-9-3-8(4-11(17)5-9)7-18-13-2-1-10(16)6-12(13)15/h1-6H,7,17H2. The van der Waals surface area contributed by atoms with Crippen LogP contribution in [0.1, 0.15) is 5.56 Å². The first-order valence-corrected chi connectivity index (χ1v) is 6.76. The second kappa shape index (κ2) is 5.71.